The number of carbonyl (C=O) groups is 2. The van der Waals surface area contributed by atoms with Gasteiger partial charge in [0.2, 0.25) is 0 Å². The molecule has 1 aliphatic heterocycles. The second kappa shape index (κ2) is 6.66. The van der Waals surface area contributed by atoms with Gasteiger partial charge in [-0.1, -0.05) is 11.6 Å². The Kier molecular flexibility index (Phi) is 5.04. The number of amides is 2. The molecule has 1 fully saturated rings. The highest BCUT2D eigenvalue weighted by Crippen LogP contribution is 2.19. The average molecular weight is 340 g/mol. The summed E-state index contributed by atoms with van der Waals surface area (Å²) in [5.41, 5.74) is 6.11. The number of hydrogen-bond acceptors (Lipinski definition) is 4. The summed E-state index contributed by atoms with van der Waals surface area (Å²) < 4.78 is 5.34. The largest absolute Gasteiger partial charge is 0.444 e. The molecule has 0 saturated carbocycles. The maximum absolute atomic E-state index is 12.5. The van der Waals surface area contributed by atoms with Crippen molar-refractivity contribution in [2.45, 2.75) is 26.4 Å². The summed E-state index contributed by atoms with van der Waals surface area (Å²) in [5.74, 6) is -0.136. The Bertz CT molecular complexity index is 585. The number of anilines is 1. The Morgan fingerprint density at radius 3 is 2.17 bits per heavy atom. The lowest BCUT2D eigenvalue weighted by Gasteiger charge is -2.35. The van der Waals surface area contributed by atoms with Crippen molar-refractivity contribution in [2.24, 2.45) is 0 Å². The first-order chi connectivity index (χ1) is 10.7. The van der Waals surface area contributed by atoms with Gasteiger partial charge in [0.05, 0.1) is 0 Å². The molecule has 1 heterocycles. The quantitative estimate of drug-likeness (QED) is 0.798. The molecule has 2 amide bonds. The van der Waals surface area contributed by atoms with Crippen LogP contribution in [0.5, 0.6) is 0 Å². The van der Waals surface area contributed by atoms with Crippen molar-refractivity contribution in [3.05, 3.63) is 28.8 Å². The fourth-order valence-electron chi connectivity index (χ4n) is 2.34. The van der Waals surface area contributed by atoms with Gasteiger partial charge in [-0.3, -0.25) is 4.79 Å². The van der Waals surface area contributed by atoms with E-state index in [9.17, 15) is 9.59 Å². The Morgan fingerprint density at radius 1 is 1.09 bits per heavy atom. The highest BCUT2D eigenvalue weighted by molar-refractivity contribution is 6.31. The van der Waals surface area contributed by atoms with Crippen molar-refractivity contribution in [3.8, 4) is 0 Å². The van der Waals surface area contributed by atoms with Gasteiger partial charge in [-0.25, -0.2) is 4.79 Å². The predicted octanol–water partition coefficient (Wildman–Crippen LogP) is 2.62. The number of halogens is 1. The third-order valence-electron chi connectivity index (χ3n) is 3.39. The van der Waals surface area contributed by atoms with E-state index in [1.54, 1.807) is 28.0 Å². The molecule has 0 bridgehead atoms. The van der Waals surface area contributed by atoms with Crippen LogP contribution in [-0.4, -0.2) is 53.6 Å². The van der Waals surface area contributed by atoms with Gasteiger partial charge >= 0.3 is 6.09 Å². The van der Waals surface area contributed by atoms with E-state index in [1.807, 2.05) is 20.8 Å². The lowest BCUT2D eigenvalue weighted by molar-refractivity contribution is 0.0141. The first-order valence-electron chi connectivity index (χ1n) is 7.49. The molecule has 1 aromatic rings. The molecule has 0 aromatic heterocycles. The minimum atomic E-state index is -0.525. The Balaban J connectivity index is 1.96. The zero-order valence-electron chi connectivity index (χ0n) is 13.6. The van der Waals surface area contributed by atoms with E-state index >= 15 is 0 Å². The number of benzene rings is 1. The number of hydrogen-bond donors (Lipinski definition) is 1. The fraction of sp³-hybridized carbons (Fsp3) is 0.500. The normalized spacial score (nSPS) is 15.5. The smallest absolute Gasteiger partial charge is 0.410 e. The molecule has 0 spiro atoms. The number of carbonyl (C=O) groups excluding carboxylic acids is 2. The topological polar surface area (TPSA) is 75.9 Å². The van der Waals surface area contributed by atoms with Gasteiger partial charge < -0.3 is 20.3 Å². The molecular formula is C16H22ClN3O3. The Morgan fingerprint density at radius 2 is 1.65 bits per heavy atom. The van der Waals surface area contributed by atoms with Gasteiger partial charge in [0.25, 0.3) is 5.91 Å². The predicted molar refractivity (Wildman–Crippen MR) is 89.6 cm³/mol. The van der Waals surface area contributed by atoms with Crippen LogP contribution in [0.25, 0.3) is 0 Å². The summed E-state index contributed by atoms with van der Waals surface area (Å²) in [4.78, 5) is 27.8. The van der Waals surface area contributed by atoms with Crippen LogP contribution in [0.15, 0.2) is 18.2 Å². The number of ether oxygens (including phenoxy) is 1. The summed E-state index contributed by atoms with van der Waals surface area (Å²) in [5, 5.41) is 0.431. The van der Waals surface area contributed by atoms with Crippen LogP contribution in [0.4, 0.5) is 10.5 Å². The van der Waals surface area contributed by atoms with E-state index in [1.165, 1.54) is 0 Å². The average Bonchev–Trinajstić information content (AvgIpc) is 2.44. The van der Waals surface area contributed by atoms with Crippen molar-refractivity contribution in [1.82, 2.24) is 9.80 Å². The Labute approximate surface area is 141 Å². The summed E-state index contributed by atoms with van der Waals surface area (Å²) in [7, 11) is 0. The van der Waals surface area contributed by atoms with Crippen molar-refractivity contribution in [2.75, 3.05) is 31.9 Å². The van der Waals surface area contributed by atoms with Crippen molar-refractivity contribution in [1.29, 1.82) is 0 Å². The third-order valence-corrected chi connectivity index (χ3v) is 3.60. The van der Waals surface area contributed by atoms with Crippen LogP contribution in [0.3, 0.4) is 0 Å². The molecule has 1 aromatic carbocycles. The van der Waals surface area contributed by atoms with Crippen molar-refractivity contribution >= 4 is 29.3 Å². The van der Waals surface area contributed by atoms with Gasteiger partial charge in [0.15, 0.2) is 0 Å². The lowest BCUT2D eigenvalue weighted by atomic mass is 10.1. The molecule has 23 heavy (non-hydrogen) atoms. The SMILES string of the molecule is CC(C)(C)OC(=O)N1CCN(C(=O)c2cc(N)cc(Cl)c2)CC1. The molecule has 1 aliphatic rings. The fourth-order valence-corrected chi connectivity index (χ4v) is 2.58. The van der Waals surface area contributed by atoms with Crippen molar-refractivity contribution in [3.63, 3.8) is 0 Å². The van der Waals surface area contributed by atoms with Crippen molar-refractivity contribution < 1.29 is 14.3 Å². The van der Waals surface area contributed by atoms with E-state index in [0.717, 1.165) is 0 Å². The maximum atomic E-state index is 12.5. The zero-order chi connectivity index (χ0) is 17.2. The second-order valence-corrected chi connectivity index (χ2v) is 6.97. The van der Waals surface area contributed by atoms with Crippen LogP contribution in [0.2, 0.25) is 5.02 Å². The van der Waals surface area contributed by atoms with E-state index in [2.05, 4.69) is 0 Å². The van der Waals surface area contributed by atoms with Crippen LogP contribution in [-0.2, 0) is 4.74 Å². The molecular weight excluding hydrogens is 318 g/mol. The van der Waals surface area contributed by atoms with Gasteiger partial charge in [0.1, 0.15) is 5.60 Å². The summed E-state index contributed by atoms with van der Waals surface area (Å²) in [6, 6.07) is 4.80. The molecule has 2 N–H and O–H groups in total. The monoisotopic (exact) mass is 339 g/mol. The number of nitrogens with two attached hydrogens (primary N) is 1. The van der Waals surface area contributed by atoms with E-state index in [4.69, 9.17) is 22.1 Å². The molecule has 2 rings (SSSR count). The molecule has 1 saturated heterocycles. The molecule has 0 radical (unpaired) electrons. The maximum Gasteiger partial charge on any atom is 0.410 e. The number of nitrogens with zero attached hydrogens (tertiary/aromatic N) is 2. The number of nitrogen functional groups attached to an aromatic ring is 1. The summed E-state index contributed by atoms with van der Waals surface area (Å²) in [6.07, 6.45) is -0.350. The van der Waals surface area contributed by atoms with Crippen LogP contribution in [0, 0.1) is 0 Å². The van der Waals surface area contributed by atoms with Gasteiger partial charge in [-0.05, 0) is 39.0 Å². The summed E-state index contributed by atoms with van der Waals surface area (Å²) in [6.45, 7) is 7.26. The number of rotatable bonds is 1. The van der Waals surface area contributed by atoms with E-state index in [0.29, 0.717) is 42.5 Å². The minimum Gasteiger partial charge on any atom is -0.444 e. The van der Waals surface area contributed by atoms with Gasteiger partial charge in [-0.2, -0.15) is 0 Å². The standard InChI is InChI=1S/C16H22ClN3O3/c1-16(2,3)23-15(22)20-6-4-19(5-7-20)14(21)11-8-12(17)10-13(18)9-11/h8-10H,4-7,18H2,1-3H3. The summed E-state index contributed by atoms with van der Waals surface area (Å²) >= 11 is 5.94. The Hall–Kier alpha value is -1.95. The lowest BCUT2D eigenvalue weighted by Crippen LogP contribution is -2.51. The minimum absolute atomic E-state index is 0.136. The van der Waals surface area contributed by atoms with E-state index in [-0.39, 0.29) is 12.0 Å². The first-order valence-corrected chi connectivity index (χ1v) is 7.87. The number of piperazine rings is 1. The zero-order valence-corrected chi connectivity index (χ0v) is 14.4. The molecule has 7 heteroatoms. The molecule has 0 atom stereocenters. The highest BCUT2D eigenvalue weighted by atomic mass is 35.5. The van der Waals surface area contributed by atoms with Crippen LogP contribution in [0.1, 0.15) is 31.1 Å². The molecule has 0 unspecified atom stereocenters. The van der Waals surface area contributed by atoms with Gasteiger partial charge in [0, 0.05) is 42.5 Å². The second-order valence-electron chi connectivity index (χ2n) is 6.53. The first kappa shape index (κ1) is 17.4. The highest BCUT2D eigenvalue weighted by Gasteiger charge is 2.28. The molecule has 126 valence electrons. The van der Waals surface area contributed by atoms with E-state index < -0.39 is 5.60 Å². The molecule has 6 nitrogen and oxygen atoms in total. The van der Waals surface area contributed by atoms with Gasteiger partial charge in [-0.15, -0.1) is 0 Å². The van der Waals surface area contributed by atoms with Crippen LogP contribution >= 0.6 is 11.6 Å². The molecule has 0 aliphatic carbocycles. The van der Waals surface area contributed by atoms with Crippen LogP contribution < -0.4 is 5.73 Å². The third kappa shape index (κ3) is 4.76.